The van der Waals surface area contributed by atoms with E-state index in [2.05, 4.69) is 0 Å². The van der Waals surface area contributed by atoms with Gasteiger partial charge < -0.3 is 10.6 Å². The van der Waals surface area contributed by atoms with E-state index in [1.165, 1.54) is 17.0 Å². The van der Waals surface area contributed by atoms with E-state index in [0.29, 0.717) is 16.9 Å². The molecular formula is C15H15FN2O. The van der Waals surface area contributed by atoms with E-state index >= 15 is 0 Å². The second-order valence-corrected chi connectivity index (χ2v) is 4.48. The smallest absolute Gasteiger partial charge is 0.258 e. The van der Waals surface area contributed by atoms with Gasteiger partial charge in [-0.05, 0) is 48.9 Å². The summed E-state index contributed by atoms with van der Waals surface area (Å²) in [7, 11) is 1.61. The fourth-order valence-electron chi connectivity index (χ4n) is 1.93. The summed E-state index contributed by atoms with van der Waals surface area (Å²) in [6, 6.07) is 11.1. The highest BCUT2D eigenvalue weighted by molar-refractivity contribution is 6.06. The van der Waals surface area contributed by atoms with Crippen LogP contribution in [-0.4, -0.2) is 13.0 Å². The summed E-state index contributed by atoms with van der Waals surface area (Å²) in [4.78, 5) is 13.7. The molecule has 0 aliphatic carbocycles. The summed E-state index contributed by atoms with van der Waals surface area (Å²) in [5.41, 5.74) is 8.18. The van der Waals surface area contributed by atoms with Crippen LogP contribution in [0.3, 0.4) is 0 Å². The minimum atomic E-state index is -0.374. The van der Waals surface area contributed by atoms with E-state index in [9.17, 15) is 9.18 Å². The molecule has 0 radical (unpaired) electrons. The zero-order valence-electron chi connectivity index (χ0n) is 10.9. The number of rotatable bonds is 2. The summed E-state index contributed by atoms with van der Waals surface area (Å²) in [5.74, 6) is -0.595. The van der Waals surface area contributed by atoms with Crippen LogP contribution in [0.15, 0.2) is 42.5 Å². The number of nitrogens with zero attached hydrogens (tertiary/aromatic N) is 1. The molecule has 0 bridgehead atoms. The number of halogens is 1. The Morgan fingerprint density at radius 1 is 1.21 bits per heavy atom. The van der Waals surface area contributed by atoms with E-state index in [0.717, 1.165) is 5.56 Å². The zero-order valence-corrected chi connectivity index (χ0v) is 10.9. The van der Waals surface area contributed by atoms with Crippen LogP contribution >= 0.6 is 0 Å². The van der Waals surface area contributed by atoms with Gasteiger partial charge in [-0.1, -0.05) is 6.07 Å². The van der Waals surface area contributed by atoms with Gasteiger partial charge in [-0.2, -0.15) is 0 Å². The average Bonchev–Trinajstić information content (AvgIpc) is 2.36. The Labute approximate surface area is 111 Å². The molecule has 4 heteroatoms. The van der Waals surface area contributed by atoms with Gasteiger partial charge in [-0.15, -0.1) is 0 Å². The number of nitrogens with two attached hydrogens (primary N) is 1. The minimum absolute atomic E-state index is 0.221. The number of aryl methyl sites for hydroxylation is 1. The Bertz CT molecular complexity index is 605. The Balaban J connectivity index is 2.33. The number of hydrogen-bond acceptors (Lipinski definition) is 2. The zero-order chi connectivity index (χ0) is 14.0. The number of benzene rings is 2. The molecule has 2 aromatic rings. The minimum Gasteiger partial charge on any atom is -0.399 e. The molecule has 0 aliphatic rings. The van der Waals surface area contributed by atoms with Gasteiger partial charge in [-0.25, -0.2) is 4.39 Å². The summed E-state index contributed by atoms with van der Waals surface area (Å²) in [6.45, 7) is 1.87. The van der Waals surface area contributed by atoms with Crippen LogP contribution < -0.4 is 10.6 Å². The third-order valence-corrected chi connectivity index (χ3v) is 2.85. The molecule has 0 fully saturated rings. The number of anilines is 2. The molecular weight excluding hydrogens is 243 g/mol. The first-order valence-electron chi connectivity index (χ1n) is 5.88. The monoisotopic (exact) mass is 258 g/mol. The van der Waals surface area contributed by atoms with E-state index in [-0.39, 0.29) is 11.7 Å². The van der Waals surface area contributed by atoms with E-state index in [4.69, 9.17) is 5.73 Å². The second-order valence-electron chi connectivity index (χ2n) is 4.48. The van der Waals surface area contributed by atoms with Crippen LogP contribution in [0.5, 0.6) is 0 Å². The van der Waals surface area contributed by atoms with Crippen molar-refractivity contribution in [2.45, 2.75) is 6.92 Å². The van der Waals surface area contributed by atoms with Gasteiger partial charge in [-0.3, -0.25) is 4.79 Å². The van der Waals surface area contributed by atoms with Gasteiger partial charge in [0.2, 0.25) is 0 Å². The average molecular weight is 258 g/mol. The lowest BCUT2D eigenvalue weighted by atomic mass is 10.1. The maximum Gasteiger partial charge on any atom is 0.258 e. The van der Waals surface area contributed by atoms with Gasteiger partial charge >= 0.3 is 0 Å². The Morgan fingerprint density at radius 3 is 2.58 bits per heavy atom. The van der Waals surface area contributed by atoms with Gasteiger partial charge in [0.25, 0.3) is 5.91 Å². The van der Waals surface area contributed by atoms with Crippen LogP contribution in [-0.2, 0) is 0 Å². The molecule has 0 spiro atoms. The van der Waals surface area contributed by atoms with Crippen molar-refractivity contribution in [3.05, 3.63) is 59.4 Å². The molecule has 0 heterocycles. The molecule has 1 amide bonds. The third kappa shape index (κ3) is 2.91. The summed E-state index contributed by atoms with van der Waals surface area (Å²) >= 11 is 0. The Hall–Kier alpha value is -2.36. The normalized spacial score (nSPS) is 10.3. The van der Waals surface area contributed by atoms with Crippen LogP contribution in [0.1, 0.15) is 15.9 Å². The molecule has 2 rings (SSSR count). The van der Waals surface area contributed by atoms with E-state index in [1.807, 2.05) is 6.92 Å². The molecule has 3 nitrogen and oxygen atoms in total. The van der Waals surface area contributed by atoms with Crippen molar-refractivity contribution in [3.8, 4) is 0 Å². The lowest BCUT2D eigenvalue weighted by molar-refractivity contribution is 0.0993. The maximum atomic E-state index is 13.2. The highest BCUT2D eigenvalue weighted by atomic mass is 19.1. The maximum absolute atomic E-state index is 13.2. The van der Waals surface area contributed by atoms with Gasteiger partial charge in [0.1, 0.15) is 5.82 Å². The molecule has 0 aliphatic heterocycles. The molecule has 19 heavy (non-hydrogen) atoms. The highest BCUT2D eigenvalue weighted by Crippen LogP contribution is 2.18. The van der Waals surface area contributed by atoms with Crippen LogP contribution in [0.25, 0.3) is 0 Å². The summed E-state index contributed by atoms with van der Waals surface area (Å²) in [6.07, 6.45) is 0. The molecule has 0 saturated heterocycles. The molecule has 0 saturated carbocycles. The quantitative estimate of drug-likeness (QED) is 0.842. The SMILES string of the molecule is Cc1cc(N)cc(C(=O)N(C)c2cccc(F)c2)c1. The van der Waals surface area contributed by atoms with Crippen molar-refractivity contribution < 1.29 is 9.18 Å². The molecule has 0 aromatic heterocycles. The number of hydrogen-bond donors (Lipinski definition) is 1. The first-order valence-corrected chi connectivity index (χ1v) is 5.88. The van der Waals surface area contributed by atoms with Crippen molar-refractivity contribution in [1.29, 1.82) is 0 Å². The van der Waals surface area contributed by atoms with Crippen molar-refractivity contribution in [2.24, 2.45) is 0 Å². The van der Waals surface area contributed by atoms with Crippen molar-refractivity contribution in [1.82, 2.24) is 0 Å². The fraction of sp³-hybridized carbons (Fsp3) is 0.133. The first kappa shape index (κ1) is 13.1. The van der Waals surface area contributed by atoms with Crippen LogP contribution in [0, 0.1) is 12.7 Å². The van der Waals surface area contributed by atoms with Crippen molar-refractivity contribution in [3.63, 3.8) is 0 Å². The number of carbonyl (C=O) groups excluding carboxylic acids is 1. The summed E-state index contributed by atoms with van der Waals surface area (Å²) < 4.78 is 13.2. The lowest BCUT2D eigenvalue weighted by Gasteiger charge is -2.18. The van der Waals surface area contributed by atoms with Crippen LogP contribution in [0.4, 0.5) is 15.8 Å². The Kier molecular flexibility index (Phi) is 3.51. The second kappa shape index (κ2) is 5.10. The van der Waals surface area contributed by atoms with E-state index in [1.54, 1.807) is 37.4 Å². The molecule has 0 atom stereocenters. The molecule has 98 valence electrons. The van der Waals surface area contributed by atoms with Gasteiger partial charge in [0, 0.05) is 24.0 Å². The van der Waals surface area contributed by atoms with Gasteiger partial charge in [0.15, 0.2) is 0 Å². The molecule has 2 N–H and O–H groups in total. The lowest BCUT2D eigenvalue weighted by Crippen LogP contribution is -2.26. The van der Waals surface area contributed by atoms with Gasteiger partial charge in [0.05, 0.1) is 0 Å². The highest BCUT2D eigenvalue weighted by Gasteiger charge is 2.14. The predicted molar refractivity (Wildman–Crippen MR) is 74.7 cm³/mol. The van der Waals surface area contributed by atoms with E-state index < -0.39 is 0 Å². The molecule has 0 unspecified atom stereocenters. The number of carbonyl (C=O) groups is 1. The fourth-order valence-corrected chi connectivity index (χ4v) is 1.93. The first-order chi connectivity index (χ1) is 8.97. The number of nitrogen functional groups attached to an aromatic ring is 1. The standard InChI is InChI=1S/C15H15FN2O/c1-10-6-11(8-13(17)7-10)15(19)18(2)14-5-3-4-12(16)9-14/h3-9H,17H2,1-2H3. The Morgan fingerprint density at radius 2 is 1.95 bits per heavy atom. The van der Waals surface area contributed by atoms with Crippen molar-refractivity contribution in [2.75, 3.05) is 17.7 Å². The van der Waals surface area contributed by atoms with Crippen LogP contribution in [0.2, 0.25) is 0 Å². The predicted octanol–water partition coefficient (Wildman–Crippen LogP) is 2.99. The third-order valence-electron chi connectivity index (χ3n) is 2.85. The molecule has 2 aromatic carbocycles. The summed E-state index contributed by atoms with van der Waals surface area (Å²) in [5, 5.41) is 0. The largest absolute Gasteiger partial charge is 0.399 e. The topological polar surface area (TPSA) is 46.3 Å². The van der Waals surface area contributed by atoms with Crippen molar-refractivity contribution >= 4 is 17.3 Å². The number of amides is 1.